The Labute approximate surface area is 135 Å². The van der Waals surface area contributed by atoms with E-state index in [2.05, 4.69) is 29.3 Å². The first-order valence-electron chi connectivity index (χ1n) is 7.68. The van der Waals surface area contributed by atoms with Crippen molar-refractivity contribution in [3.8, 4) is 0 Å². The zero-order chi connectivity index (χ0) is 16.2. The zero-order valence-electron chi connectivity index (χ0n) is 13.2. The van der Waals surface area contributed by atoms with Crippen LogP contribution in [0.5, 0.6) is 0 Å². The van der Waals surface area contributed by atoms with Crippen LogP contribution in [0.4, 0.5) is 5.69 Å². The molecule has 1 aromatic heterocycles. The molecule has 1 aliphatic heterocycles. The molecule has 2 aromatic rings. The van der Waals surface area contributed by atoms with Crippen LogP contribution in [0.3, 0.4) is 0 Å². The van der Waals surface area contributed by atoms with Crippen molar-refractivity contribution in [2.24, 2.45) is 5.16 Å². The van der Waals surface area contributed by atoms with E-state index in [1.807, 2.05) is 36.4 Å². The third-order valence-electron chi connectivity index (χ3n) is 3.73. The molecule has 1 amide bonds. The van der Waals surface area contributed by atoms with Crippen LogP contribution >= 0.6 is 0 Å². The summed E-state index contributed by atoms with van der Waals surface area (Å²) in [6, 6.07) is 13.4. The number of rotatable bonds is 4. The first-order chi connectivity index (χ1) is 11.1. The molecule has 3 rings (SSSR count). The van der Waals surface area contributed by atoms with Gasteiger partial charge in [0, 0.05) is 24.0 Å². The van der Waals surface area contributed by atoms with Crippen molar-refractivity contribution < 1.29 is 9.63 Å². The van der Waals surface area contributed by atoms with E-state index in [9.17, 15) is 4.79 Å². The van der Waals surface area contributed by atoms with Gasteiger partial charge in [0.25, 0.3) is 5.91 Å². The number of hydrogen-bond acceptors (Lipinski definition) is 4. The molecule has 0 fully saturated rings. The summed E-state index contributed by atoms with van der Waals surface area (Å²) in [5.74, 6) is 0.0748. The number of aromatic nitrogens is 1. The fourth-order valence-electron chi connectivity index (χ4n) is 2.40. The van der Waals surface area contributed by atoms with Gasteiger partial charge in [-0.05, 0) is 23.6 Å². The average molecular weight is 309 g/mol. The molecule has 1 aromatic carbocycles. The van der Waals surface area contributed by atoms with E-state index in [1.165, 1.54) is 0 Å². The summed E-state index contributed by atoms with van der Waals surface area (Å²) in [5, 5.41) is 6.80. The highest BCUT2D eigenvalue weighted by Crippen LogP contribution is 2.27. The minimum Gasteiger partial charge on any atom is -0.387 e. The summed E-state index contributed by atoms with van der Waals surface area (Å²) in [6.07, 6.45) is 1.98. The van der Waals surface area contributed by atoms with Crippen molar-refractivity contribution in [2.75, 3.05) is 5.32 Å². The van der Waals surface area contributed by atoms with E-state index in [4.69, 9.17) is 4.84 Å². The highest BCUT2D eigenvalue weighted by atomic mass is 16.6. The number of carbonyl (C=O) groups is 1. The third-order valence-corrected chi connectivity index (χ3v) is 3.73. The molecule has 0 saturated heterocycles. The van der Waals surface area contributed by atoms with Crippen LogP contribution in [0.1, 0.15) is 43.5 Å². The van der Waals surface area contributed by atoms with Crippen molar-refractivity contribution >= 4 is 17.3 Å². The summed E-state index contributed by atoms with van der Waals surface area (Å²) < 4.78 is 0. The lowest BCUT2D eigenvalue weighted by Gasteiger charge is -2.09. The fraction of sp³-hybridized carbons (Fsp3) is 0.278. The molecular weight excluding hydrogens is 290 g/mol. The Balaban J connectivity index is 1.65. The lowest BCUT2D eigenvalue weighted by molar-refractivity contribution is -0.110. The highest BCUT2D eigenvalue weighted by molar-refractivity contribution is 6.43. The summed E-state index contributed by atoms with van der Waals surface area (Å²) >= 11 is 0. The number of amides is 1. The van der Waals surface area contributed by atoms with E-state index in [0.717, 1.165) is 16.9 Å². The maximum absolute atomic E-state index is 12.3. The van der Waals surface area contributed by atoms with Crippen molar-refractivity contribution in [1.82, 2.24) is 4.98 Å². The Morgan fingerprint density at radius 1 is 1.26 bits per heavy atom. The van der Waals surface area contributed by atoms with Gasteiger partial charge in [0.2, 0.25) is 0 Å². The topological polar surface area (TPSA) is 63.6 Å². The number of benzene rings is 1. The molecule has 5 heteroatoms. The van der Waals surface area contributed by atoms with Gasteiger partial charge in [-0.2, -0.15) is 0 Å². The summed E-state index contributed by atoms with van der Waals surface area (Å²) in [6.45, 7) is 4.13. The molecule has 0 saturated carbocycles. The number of nitrogens with zero attached hydrogens (tertiary/aromatic N) is 2. The van der Waals surface area contributed by atoms with Gasteiger partial charge in [-0.3, -0.25) is 9.78 Å². The molecule has 0 spiro atoms. The van der Waals surface area contributed by atoms with Crippen LogP contribution in [0.25, 0.3) is 0 Å². The van der Waals surface area contributed by atoms with Crippen LogP contribution in [-0.4, -0.2) is 16.6 Å². The summed E-state index contributed by atoms with van der Waals surface area (Å²) in [7, 11) is 0. The molecule has 1 unspecified atom stereocenters. The number of anilines is 1. The molecule has 1 aliphatic rings. The minimum atomic E-state index is -0.232. The van der Waals surface area contributed by atoms with Crippen molar-refractivity contribution in [2.45, 2.75) is 32.3 Å². The van der Waals surface area contributed by atoms with E-state index in [1.54, 1.807) is 12.3 Å². The molecule has 23 heavy (non-hydrogen) atoms. The van der Waals surface area contributed by atoms with Crippen LogP contribution in [0.2, 0.25) is 0 Å². The van der Waals surface area contributed by atoms with E-state index in [0.29, 0.717) is 18.1 Å². The molecule has 1 N–H and O–H groups in total. The second kappa shape index (κ2) is 6.60. The van der Waals surface area contributed by atoms with E-state index in [-0.39, 0.29) is 12.0 Å². The number of carbonyl (C=O) groups excluding carboxylic acids is 1. The SMILES string of the molecule is CC(C)c1cc(NC(=O)C2=NOC(c3ccccc3)C2)ccn1. The van der Waals surface area contributed by atoms with Crippen LogP contribution in [-0.2, 0) is 9.63 Å². The predicted molar refractivity (Wildman–Crippen MR) is 89.3 cm³/mol. The molecule has 0 radical (unpaired) electrons. The molecule has 5 nitrogen and oxygen atoms in total. The summed E-state index contributed by atoms with van der Waals surface area (Å²) in [5.41, 5.74) is 3.08. The maximum Gasteiger partial charge on any atom is 0.273 e. The van der Waals surface area contributed by atoms with Gasteiger partial charge in [-0.15, -0.1) is 0 Å². The normalized spacial score (nSPS) is 16.8. The van der Waals surface area contributed by atoms with Gasteiger partial charge < -0.3 is 10.2 Å². The minimum absolute atomic E-state index is 0.194. The van der Waals surface area contributed by atoms with Crippen molar-refractivity contribution in [3.05, 3.63) is 59.9 Å². The van der Waals surface area contributed by atoms with Gasteiger partial charge >= 0.3 is 0 Å². The Bertz CT molecular complexity index is 726. The number of pyridine rings is 1. The average Bonchev–Trinajstić information content (AvgIpc) is 3.06. The smallest absolute Gasteiger partial charge is 0.273 e. The molecule has 0 aliphatic carbocycles. The Morgan fingerprint density at radius 3 is 2.78 bits per heavy atom. The molecular formula is C18H19N3O2. The maximum atomic E-state index is 12.3. The molecule has 0 bridgehead atoms. The number of nitrogens with one attached hydrogen (secondary N) is 1. The quantitative estimate of drug-likeness (QED) is 0.937. The Morgan fingerprint density at radius 2 is 2.04 bits per heavy atom. The second-order valence-electron chi connectivity index (χ2n) is 5.83. The van der Waals surface area contributed by atoms with Crippen LogP contribution in [0.15, 0.2) is 53.8 Å². The monoisotopic (exact) mass is 309 g/mol. The van der Waals surface area contributed by atoms with Gasteiger partial charge in [-0.1, -0.05) is 49.3 Å². The standard InChI is InChI=1S/C18H19N3O2/c1-12(2)15-10-14(8-9-19-15)20-18(22)16-11-17(23-21-16)13-6-4-3-5-7-13/h3-10,12,17H,11H2,1-2H3,(H,19,20,22). The highest BCUT2D eigenvalue weighted by Gasteiger charge is 2.27. The van der Waals surface area contributed by atoms with Gasteiger partial charge in [0.1, 0.15) is 5.71 Å². The largest absolute Gasteiger partial charge is 0.387 e. The third kappa shape index (κ3) is 3.56. The van der Waals surface area contributed by atoms with Gasteiger partial charge in [-0.25, -0.2) is 0 Å². The molecule has 1 atom stereocenters. The van der Waals surface area contributed by atoms with Crippen LogP contribution < -0.4 is 5.32 Å². The number of hydrogen-bond donors (Lipinski definition) is 1. The zero-order valence-corrected chi connectivity index (χ0v) is 13.2. The second-order valence-corrected chi connectivity index (χ2v) is 5.83. The molecule has 118 valence electrons. The first kappa shape index (κ1) is 15.2. The van der Waals surface area contributed by atoms with Crippen LogP contribution in [0, 0.1) is 0 Å². The van der Waals surface area contributed by atoms with Crippen molar-refractivity contribution in [3.63, 3.8) is 0 Å². The van der Waals surface area contributed by atoms with Crippen molar-refractivity contribution in [1.29, 1.82) is 0 Å². The lowest BCUT2D eigenvalue weighted by Crippen LogP contribution is -2.22. The van der Waals surface area contributed by atoms with Gasteiger partial charge in [0.15, 0.2) is 6.10 Å². The van der Waals surface area contributed by atoms with Gasteiger partial charge in [0.05, 0.1) is 0 Å². The lowest BCUT2D eigenvalue weighted by atomic mass is 10.0. The Hall–Kier alpha value is -2.69. The fourth-order valence-corrected chi connectivity index (χ4v) is 2.40. The molecule has 2 heterocycles. The summed E-state index contributed by atoms with van der Waals surface area (Å²) in [4.78, 5) is 22.0. The van der Waals surface area contributed by atoms with E-state index < -0.39 is 0 Å². The first-order valence-corrected chi connectivity index (χ1v) is 7.68. The number of oxime groups is 1. The predicted octanol–water partition coefficient (Wildman–Crippen LogP) is 3.66. The Kier molecular flexibility index (Phi) is 4.37. The van der Waals surface area contributed by atoms with E-state index >= 15 is 0 Å².